The third-order valence-electron chi connectivity index (χ3n) is 26.8. The zero-order valence-corrected chi connectivity index (χ0v) is 65.5. The molecule has 0 saturated heterocycles. The first-order valence-electron chi connectivity index (χ1n) is 41.8. The van der Waals surface area contributed by atoms with E-state index in [0.717, 1.165) is 12.1 Å². The summed E-state index contributed by atoms with van der Waals surface area (Å²) >= 11 is 0. The minimum absolute atomic E-state index is 0.0136. The topological polar surface area (TPSA) is 11.4 Å². The lowest BCUT2D eigenvalue weighted by molar-refractivity contribution is 0.329. The molecule has 0 bridgehead atoms. The van der Waals surface area contributed by atoms with Crippen LogP contribution in [0.1, 0.15) is 141 Å². The Hall–Kier alpha value is -11.5. The molecule has 0 amide bonds. The Kier molecular flexibility index (Phi) is 16.6. The predicted molar refractivity (Wildman–Crippen MR) is 476 cm³/mol. The Morgan fingerprint density at radius 3 is 1.27 bits per heavy atom. The smallest absolute Gasteiger partial charge is 0.252 e. The van der Waals surface area contributed by atoms with Gasteiger partial charge in [0.15, 0.2) is 0 Å². The van der Waals surface area contributed by atoms with Gasteiger partial charge in [0.1, 0.15) is 0 Å². The summed E-state index contributed by atoms with van der Waals surface area (Å²) in [4.78, 5) is 5.64. The average molecular weight is 1450 g/mol. The Morgan fingerprint density at radius 2 is 0.804 bits per heavy atom. The van der Waals surface area contributed by atoms with Crippen molar-refractivity contribution in [2.75, 3.05) is 9.80 Å². The van der Waals surface area contributed by atoms with Crippen molar-refractivity contribution >= 4 is 84.6 Å². The number of fused-ring (bicyclic) bond motifs is 7. The fourth-order valence-corrected chi connectivity index (χ4v) is 21.2. The van der Waals surface area contributed by atoms with E-state index in [4.69, 9.17) is 0 Å². The second-order valence-electron chi connectivity index (χ2n) is 35.5. The third kappa shape index (κ3) is 11.5. The van der Waals surface area contributed by atoms with E-state index in [9.17, 15) is 0 Å². The molecule has 3 heterocycles. The van der Waals surface area contributed by atoms with E-state index >= 15 is 0 Å². The molecule has 3 unspecified atom stereocenters. The molecule has 4 heteroatoms. The zero-order valence-electron chi connectivity index (χ0n) is 65.5. The molecular formula is C108H96BN3. The van der Waals surface area contributed by atoms with Gasteiger partial charge < -0.3 is 14.4 Å². The van der Waals surface area contributed by atoms with Crippen LogP contribution in [0.5, 0.6) is 0 Å². The Morgan fingerprint density at radius 1 is 0.366 bits per heavy atom. The number of hydrogen-bond acceptors (Lipinski definition) is 2. The van der Waals surface area contributed by atoms with Gasteiger partial charge in [0.25, 0.3) is 6.71 Å². The molecule has 2 saturated carbocycles. The van der Waals surface area contributed by atoms with Crippen molar-refractivity contribution in [3.8, 4) is 61.3 Å². The first-order valence-corrected chi connectivity index (χ1v) is 41.8. The monoisotopic (exact) mass is 1450 g/mol. The molecule has 8 aliphatic rings. The van der Waals surface area contributed by atoms with E-state index in [1.165, 1.54) is 242 Å². The summed E-state index contributed by atoms with van der Waals surface area (Å²) in [5, 5.41) is 2.47. The molecule has 21 rings (SSSR count). The minimum Gasteiger partial charge on any atom is -0.310 e. The SMILES string of the molecule is CC(C)(C)C1=CC2=CC(c3ccc4c(c3)N(c3c(-c5ccccc5)cc(C5CCCCC5)cc3-c3ccccc3)c3cc(-n5c6ccccc6c6ccccc65)cc5c3B4c3ccc(-c4ccccc4)cc3N5c3c(-c4ccccc4)cc(C4CCCCC4)cc3-c3ccccc3)=C3C=C(C(C)(C)C)CC4C=CC(=C1)C2C34. The number of anilines is 6. The van der Waals surface area contributed by atoms with Gasteiger partial charge in [0, 0.05) is 67.6 Å². The van der Waals surface area contributed by atoms with Crippen molar-refractivity contribution in [2.45, 2.75) is 124 Å². The number of nitrogens with zero attached hydrogens (tertiary/aromatic N) is 3. The van der Waals surface area contributed by atoms with Gasteiger partial charge in [-0.2, -0.15) is 0 Å². The predicted octanol–water partition coefficient (Wildman–Crippen LogP) is 27.7. The van der Waals surface area contributed by atoms with Crippen LogP contribution in [-0.2, 0) is 0 Å². The molecule has 546 valence electrons. The van der Waals surface area contributed by atoms with Crippen molar-refractivity contribution < 1.29 is 0 Å². The molecule has 2 aliphatic heterocycles. The van der Waals surface area contributed by atoms with Crippen LogP contribution in [0, 0.1) is 28.6 Å². The van der Waals surface area contributed by atoms with Crippen molar-refractivity contribution in [3.63, 3.8) is 0 Å². The van der Waals surface area contributed by atoms with E-state index in [1.807, 2.05) is 0 Å². The number of rotatable bonds is 11. The fourth-order valence-electron chi connectivity index (χ4n) is 21.2. The van der Waals surface area contributed by atoms with Gasteiger partial charge >= 0.3 is 0 Å². The van der Waals surface area contributed by atoms with Gasteiger partial charge in [-0.1, -0.05) is 334 Å². The lowest BCUT2D eigenvalue weighted by Crippen LogP contribution is -2.61. The lowest BCUT2D eigenvalue weighted by atomic mass is 9.33. The highest BCUT2D eigenvalue weighted by Crippen LogP contribution is 2.60. The van der Waals surface area contributed by atoms with E-state index in [-0.39, 0.29) is 23.5 Å². The molecule has 12 aromatic carbocycles. The van der Waals surface area contributed by atoms with Crippen LogP contribution >= 0.6 is 0 Å². The van der Waals surface area contributed by atoms with Gasteiger partial charge in [-0.05, 0) is 216 Å². The van der Waals surface area contributed by atoms with Crippen LogP contribution in [0.3, 0.4) is 0 Å². The summed E-state index contributed by atoms with van der Waals surface area (Å²) in [6.45, 7) is 14.3. The zero-order chi connectivity index (χ0) is 75.1. The molecule has 1 aromatic heterocycles. The number of benzene rings is 12. The fraction of sp³-hybridized carbons (Fsp3) is 0.222. The van der Waals surface area contributed by atoms with Gasteiger partial charge in [-0.15, -0.1) is 0 Å². The summed E-state index contributed by atoms with van der Waals surface area (Å²) in [6, 6.07) is 107. The van der Waals surface area contributed by atoms with Crippen molar-refractivity contribution in [1.29, 1.82) is 0 Å². The first-order chi connectivity index (χ1) is 54.8. The average Bonchev–Trinajstić information content (AvgIpc) is 0.806. The Balaban J connectivity index is 0.946. The lowest BCUT2D eigenvalue weighted by Gasteiger charge is -2.48. The quantitative estimate of drug-likeness (QED) is 0.120. The summed E-state index contributed by atoms with van der Waals surface area (Å²) in [7, 11) is 0. The summed E-state index contributed by atoms with van der Waals surface area (Å²) in [5.74, 6) is 1.85. The van der Waals surface area contributed by atoms with E-state index in [2.05, 4.69) is 365 Å². The summed E-state index contributed by atoms with van der Waals surface area (Å²) in [6.07, 6.45) is 29.0. The van der Waals surface area contributed by atoms with Crippen LogP contribution in [-0.4, -0.2) is 11.3 Å². The van der Waals surface area contributed by atoms with Crippen molar-refractivity contribution in [3.05, 3.63) is 354 Å². The first kappa shape index (κ1) is 68.6. The van der Waals surface area contributed by atoms with Crippen LogP contribution in [0.15, 0.2) is 337 Å². The molecule has 0 spiro atoms. The van der Waals surface area contributed by atoms with Crippen LogP contribution in [0.2, 0.25) is 0 Å². The highest BCUT2D eigenvalue weighted by Gasteiger charge is 2.49. The van der Waals surface area contributed by atoms with Gasteiger partial charge in [0.05, 0.1) is 28.1 Å². The van der Waals surface area contributed by atoms with Gasteiger partial charge in [-0.3, -0.25) is 0 Å². The number of aromatic nitrogens is 1. The Labute approximate surface area is 662 Å². The maximum Gasteiger partial charge on any atom is 0.252 e. The van der Waals surface area contributed by atoms with Crippen LogP contribution < -0.4 is 26.2 Å². The molecule has 3 nitrogen and oxygen atoms in total. The standard InChI is InChI=1S/C108H96BN3/c1-107(2,3)83-56-78-50-51-79-57-84(108(4,5)6)66-93-88(63-82(58-83)102(78)103(79)93)77-53-55-95-99(65-77)112(106-91(74-42-24-12-25-43-74)61-81(71-36-18-9-19-37-71)62-92(106)75-44-26-13-27-45-75)101-68-85(110-96-48-30-28-46-86(96)87-47-29-31-49-97(87)110)67-100-104(101)109(95)94-54-52-76(69-32-14-7-15-33-69)64-98(94)111(100)105-89(72-38-20-10-21-39-72)59-80(70-34-16-8-17-35-70)60-90(105)73-40-22-11-23-41-73/h7,10-15,20-33,38-56,58-68,70-71,79,102-103H,8-9,16-19,34-37,57H2,1-6H3. The molecule has 3 atom stereocenters. The molecule has 13 aromatic rings. The molecule has 0 N–H and O–H groups in total. The summed E-state index contributed by atoms with van der Waals surface area (Å²) < 4.78 is 2.61. The number of para-hydroxylation sites is 2. The molecule has 0 radical (unpaired) electrons. The normalized spacial score (nSPS) is 18.7. The molecular weight excluding hydrogens is 1350 g/mol. The van der Waals surface area contributed by atoms with Crippen LogP contribution in [0.4, 0.5) is 34.1 Å². The highest BCUT2D eigenvalue weighted by molar-refractivity contribution is 7.00. The second-order valence-corrected chi connectivity index (χ2v) is 35.5. The second kappa shape index (κ2) is 27.2. The molecule has 2 fully saturated rings. The van der Waals surface area contributed by atoms with E-state index in [0.29, 0.717) is 23.7 Å². The van der Waals surface area contributed by atoms with Crippen molar-refractivity contribution in [1.82, 2.24) is 4.57 Å². The maximum atomic E-state index is 2.84. The van der Waals surface area contributed by atoms with E-state index < -0.39 is 0 Å². The highest BCUT2D eigenvalue weighted by atomic mass is 15.2. The maximum absolute atomic E-state index is 2.84. The molecule has 6 aliphatic carbocycles. The number of allylic oxidation sites excluding steroid dienone is 12. The minimum atomic E-state index is -0.220. The van der Waals surface area contributed by atoms with E-state index in [1.54, 1.807) is 0 Å². The Bertz CT molecular complexity index is 5960. The largest absolute Gasteiger partial charge is 0.310 e. The van der Waals surface area contributed by atoms with Gasteiger partial charge in [-0.25, -0.2) is 0 Å². The third-order valence-corrected chi connectivity index (χ3v) is 26.8. The number of hydrogen-bond donors (Lipinski definition) is 0. The van der Waals surface area contributed by atoms with Crippen LogP contribution in [0.25, 0.3) is 88.7 Å². The van der Waals surface area contributed by atoms with Crippen molar-refractivity contribution in [2.24, 2.45) is 28.6 Å². The van der Waals surface area contributed by atoms with Gasteiger partial charge in [0.2, 0.25) is 0 Å². The molecule has 112 heavy (non-hydrogen) atoms. The summed E-state index contributed by atoms with van der Waals surface area (Å²) in [5.41, 5.74) is 39.4.